The molecule has 0 saturated carbocycles. The van der Waals surface area contributed by atoms with E-state index in [-0.39, 0.29) is 0 Å². The van der Waals surface area contributed by atoms with E-state index in [2.05, 4.69) is 101 Å². The molecule has 0 amide bonds. The summed E-state index contributed by atoms with van der Waals surface area (Å²) in [6, 6.07) is 39.4. The Balaban J connectivity index is 1.35. The molecule has 0 fully saturated rings. The molecule has 152 valence electrons. The molecule has 0 aliphatic carbocycles. The second-order valence-corrected chi connectivity index (χ2v) is 7.76. The normalized spacial score (nSPS) is 11.1. The molecule has 3 heteroatoms. The second-order valence-electron chi connectivity index (χ2n) is 7.76. The number of hydrogen-bond donors (Lipinski definition) is 1. The highest BCUT2D eigenvalue weighted by Gasteiger charge is 2.10. The summed E-state index contributed by atoms with van der Waals surface area (Å²) in [4.78, 5) is 4.61. The number of nitrogens with one attached hydrogen (secondary N) is 1. The largest absolute Gasteiger partial charge is 0.436 e. The summed E-state index contributed by atoms with van der Waals surface area (Å²) in [5.74, 6) is 0.639. The Hall–Kier alpha value is -4.37. The van der Waals surface area contributed by atoms with Crippen LogP contribution in [0.25, 0.3) is 44.5 Å². The number of benzene rings is 5. The van der Waals surface area contributed by atoms with E-state index in [1.54, 1.807) is 0 Å². The smallest absolute Gasteiger partial charge is 0.227 e. The van der Waals surface area contributed by atoms with Crippen molar-refractivity contribution in [2.75, 3.05) is 5.32 Å². The van der Waals surface area contributed by atoms with Gasteiger partial charge in [0.1, 0.15) is 5.52 Å². The monoisotopic (exact) mass is 412 g/mol. The fourth-order valence-electron chi connectivity index (χ4n) is 4.11. The summed E-state index contributed by atoms with van der Waals surface area (Å²) < 4.78 is 5.92. The first-order valence-corrected chi connectivity index (χ1v) is 10.7. The third kappa shape index (κ3) is 3.30. The highest BCUT2D eigenvalue weighted by molar-refractivity contribution is 5.96. The number of anilines is 2. The number of aromatic nitrogens is 1. The van der Waals surface area contributed by atoms with Crippen LogP contribution in [0.1, 0.15) is 0 Å². The number of oxazole rings is 1. The quantitative estimate of drug-likeness (QED) is 0.318. The summed E-state index contributed by atoms with van der Waals surface area (Å²) in [5.41, 5.74) is 7.08. The van der Waals surface area contributed by atoms with Gasteiger partial charge in [-0.15, -0.1) is 0 Å². The predicted octanol–water partition coefficient (Wildman–Crippen LogP) is 8.06. The van der Waals surface area contributed by atoms with E-state index >= 15 is 0 Å². The van der Waals surface area contributed by atoms with Crippen LogP contribution < -0.4 is 5.32 Å². The molecular formula is C29H20N2O. The standard InChI is InChI=1S/C29H20N2O/c1-2-10-23-20(8-1)9-7-14-26(23)30-25-12-4-3-11-24(25)21-16-18-22(19-17-21)29-31-27-13-5-6-15-28(27)32-29/h1-19,30H. The van der Waals surface area contributed by atoms with E-state index in [1.165, 1.54) is 10.8 Å². The maximum atomic E-state index is 5.92. The minimum absolute atomic E-state index is 0.639. The van der Waals surface area contributed by atoms with Gasteiger partial charge in [-0.25, -0.2) is 4.98 Å². The van der Waals surface area contributed by atoms with Crippen molar-refractivity contribution in [1.82, 2.24) is 4.98 Å². The number of nitrogens with zero attached hydrogens (tertiary/aromatic N) is 1. The molecule has 1 heterocycles. The molecule has 6 rings (SSSR count). The molecule has 0 aliphatic heterocycles. The number of para-hydroxylation sites is 3. The van der Waals surface area contributed by atoms with Gasteiger partial charge in [-0.3, -0.25) is 0 Å². The van der Waals surface area contributed by atoms with Crippen molar-refractivity contribution in [1.29, 1.82) is 0 Å². The van der Waals surface area contributed by atoms with Crippen LogP contribution in [0.2, 0.25) is 0 Å². The molecule has 0 atom stereocenters. The Morgan fingerprint density at radius 2 is 1.25 bits per heavy atom. The van der Waals surface area contributed by atoms with E-state index < -0.39 is 0 Å². The SMILES string of the molecule is c1ccc(-c2ccc(-c3nc4ccccc4o3)cc2)c(Nc2cccc3ccccc23)c1. The van der Waals surface area contributed by atoms with Crippen LogP contribution in [0.15, 0.2) is 120 Å². The Morgan fingerprint density at radius 1 is 0.562 bits per heavy atom. The summed E-state index contributed by atoms with van der Waals surface area (Å²) in [6.45, 7) is 0. The number of fused-ring (bicyclic) bond motifs is 2. The van der Waals surface area contributed by atoms with Gasteiger partial charge in [0.25, 0.3) is 0 Å². The molecule has 32 heavy (non-hydrogen) atoms. The highest BCUT2D eigenvalue weighted by Crippen LogP contribution is 2.34. The van der Waals surface area contributed by atoms with Crippen LogP contribution in [0.3, 0.4) is 0 Å². The van der Waals surface area contributed by atoms with E-state index in [0.29, 0.717) is 5.89 Å². The number of hydrogen-bond acceptors (Lipinski definition) is 3. The minimum Gasteiger partial charge on any atom is -0.436 e. The van der Waals surface area contributed by atoms with Gasteiger partial charge >= 0.3 is 0 Å². The van der Waals surface area contributed by atoms with Crippen molar-refractivity contribution in [2.45, 2.75) is 0 Å². The first-order valence-electron chi connectivity index (χ1n) is 10.7. The maximum Gasteiger partial charge on any atom is 0.227 e. The second kappa shape index (κ2) is 7.71. The maximum absolute atomic E-state index is 5.92. The van der Waals surface area contributed by atoms with E-state index in [4.69, 9.17) is 4.42 Å². The Labute approximate surface area is 186 Å². The summed E-state index contributed by atoms with van der Waals surface area (Å²) in [7, 11) is 0. The van der Waals surface area contributed by atoms with Crippen molar-refractivity contribution in [2.24, 2.45) is 0 Å². The molecule has 1 N–H and O–H groups in total. The van der Waals surface area contributed by atoms with Crippen LogP contribution in [0, 0.1) is 0 Å². The lowest BCUT2D eigenvalue weighted by atomic mass is 10.0. The van der Waals surface area contributed by atoms with E-state index in [1.807, 2.05) is 24.3 Å². The summed E-state index contributed by atoms with van der Waals surface area (Å²) in [5, 5.41) is 6.07. The lowest BCUT2D eigenvalue weighted by molar-refractivity contribution is 0.620. The Kier molecular flexibility index (Phi) is 4.43. The highest BCUT2D eigenvalue weighted by atomic mass is 16.3. The van der Waals surface area contributed by atoms with Crippen LogP contribution in [0.5, 0.6) is 0 Å². The average Bonchev–Trinajstić information content (AvgIpc) is 3.29. The first kappa shape index (κ1) is 18.4. The molecule has 3 nitrogen and oxygen atoms in total. The topological polar surface area (TPSA) is 38.1 Å². The van der Waals surface area contributed by atoms with Crippen molar-refractivity contribution in [3.05, 3.63) is 115 Å². The third-order valence-corrected chi connectivity index (χ3v) is 5.72. The van der Waals surface area contributed by atoms with Gasteiger partial charge in [0.05, 0.1) is 0 Å². The molecule has 1 aromatic heterocycles. The Morgan fingerprint density at radius 3 is 2.16 bits per heavy atom. The van der Waals surface area contributed by atoms with Gasteiger partial charge in [-0.2, -0.15) is 0 Å². The number of rotatable bonds is 4. The molecule has 6 aromatic rings. The van der Waals surface area contributed by atoms with Gasteiger partial charge in [-0.05, 0) is 47.3 Å². The van der Waals surface area contributed by atoms with Gasteiger partial charge < -0.3 is 9.73 Å². The van der Waals surface area contributed by atoms with Crippen molar-refractivity contribution in [3.63, 3.8) is 0 Å². The third-order valence-electron chi connectivity index (χ3n) is 5.72. The average molecular weight is 412 g/mol. The van der Waals surface area contributed by atoms with Gasteiger partial charge in [0.15, 0.2) is 5.58 Å². The fourth-order valence-corrected chi connectivity index (χ4v) is 4.11. The zero-order chi connectivity index (χ0) is 21.3. The first-order chi connectivity index (χ1) is 15.8. The molecule has 0 unspecified atom stereocenters. The van der Waals surface area contributed by atoms with Crippen molar-refractivity contribution < 1.29 is 4.42 Å². The van der Waals surface area contributed by atoms with Crippen LogP contribution in [0.4, 0.5) is 11.4 Å². The lowest BCUT2D eigenvalue weighted by Crippen LogP contribution is -1.94. The predicted molar refractivity (Wildman–Crippen MR) is 132 cm³/mol. The molecule has 0 saturated heterocycles. The van der Waals surface area contributed by atoms with Gasteiger partial charge in [0.2, 0.25) is 5.89 Å². The van der Waals surface area contributed by atoms with Crippen molar-refractivity contribution >= 4 is 33.2 Å². The van der Waals surface area contributed by atoms with Crippen LogP contribution >= 0.6 is 0 Å². The zero-order valence-electron chi connectivity index (χ0n) is 17.3. The van der Waals surface area contributed by atoms with Crippen molar-refractivity contribution in [3.8, 4) is 22.6 Å². The van der Waals surface area contributed by atoms with Gasteiger partial charge in [0, 0.05) is 27.9 Å². The minimum atomic E-state index is 0.639. The van der Waals surface area contributed by atoms with Crippen LogP contribution in [-0.2, 0) is 0 Å². The molecule has 0 bridgehead atoms. The van der Waals surface area contributed by atoms with Crippen LogP contribution in [-0.4, -0.2) is 4.98 Å². The summed E-state index contributed by atoms with van der Waals surface area (Å²) >= 11 is 0. The van der Waals surface area contributed by atoms with E-state index in [0.717, 1.165) is 39.2 Å². The molecule has 0 aliphatic rings. The zero-order valence-corrected chi connectivity index (χ0v) is 17.3. The fraction of sp³-hybridized carbons (Fsp3) is 0. The van der Waals surface area contributed by atoms with E-state index in [9.17, 15) is 0 Å². The van der Waals surface area contributed by atoms with Gasteiger partial charge in [-0.1, -0.05) is 78.9 Å². The molecule has 0 radical (unpaired) electrons. The molecule has 0 spiro atoms. The lowest BCUT2D eigenvalue weighted by Gasteiger charge is -2.14. The Bertz CT molecular complexity index is 1510. The molecular weight excluding hydrogens is 392 g/mol. The summed E-state index contributed by atoms with van der Waals surface area (Å²) in [6.07, 6.45) is 0. The molecule has 5 aromatic carbocycles.